The van der Waals surface area contributed by atoms with Crippen LogP contribution in [-0.2, 0) is 9.53 Å². The van der Waals surface area contributed by atoms with Gasteiger partial charge in [-0.1, -0.05) is 27.2 Å². The number of cyclic esters (lactones) is 1. The minimum atomic E-state index is -1.20. The van der Waals surface area contributed by atoms with Gasteiger partial charge in [0.15, 0.2) is 5.60 Å². The van der Waals surface area contributed by atoms with E-state index in [0.29, 0.717) is 24.4 Å². The fourth-order valence-electron chi connectivity index (χ4n) is 5.24. The molecule has 3 nitrogen and oxygen atoms in total. The maximum atomic E-state index is 11.8. The molecule has 0 amide bonds. The molecule has 1 aliphatic heterocycles. The Labute approximate surface area is 109 Å². The molecule has 3 aliphatic rings. The molecule has 3 fully saturated rings. The molecule has 102 valence electrons. The lowest BCUT2D eigenvalue weighted by atomic mass is 9.46. The summed E-state index contributed by atoms with van der Waals surface area (Å²) < 4.78 is 5.20. The first kappa shape index (κ1) is 12.5. The summed E-state index contributed by atoms with van der Waals surface area (Å²) in [5, 5.41) is 10.7. The lowest BCUT2D eigenvalue weighted by molar-refractivity contribution is -0.174. The van der Waals surface area contributed by atoms with Gasteiger partial charge >= 0.3 is 5.97 Å². The lowest BCUT2D eigenvalue weighted by Crippen LogP contribution is -2.59. The molecule has 0 spiro atoms. The fraction of sp³-hybridized carbons (Fsp3) is 0.933. The first-order valence-corrected chi connectivity index (χ1v) is 7.20. The van der Waals surface area contributed by atoms with E-state index < -0.39 is 5.60 Å². The van der Waals surface area contributed by atoms with E-state index in [9.17, 15) is 9.90 Å². The SMILES string of the molecule is CC1(C)CCC[C@]2(C)[C@H]3COC(=O)[C@@]3(O)CC[C@@H]12. The molecule has 0 bridgehead atoms. The molecule has 2 saturated carbocycles. The highest BCUT2D eigenvalue weighted by atomic mass is 16.6. The maximum Gasteiger partial charge on any atom is 0.338 e. The molecule has 18 heavy (non-hydrogen) atoms. The van der Waals surface area contributed by atoms with E-state index in [1.165, 1.54) is 12.8 Å². The van der Waals surface area contributed by atoms with Crippen molar-refractivity contribution in [2.45, 2.75) is 58.5 Å². The van der Waals surface area contributed by atoms with Gasteiger partial charge in [0.1, 0.15) is 0 Å². The average Bonchev–Trinajstić information content (AvgIpc) is 2.55. The lowest BCUT2D eigenvalue weighted by Gasteiger charge is -2.58. The predicted molar refractivity (Wildman–Crippen MR) is 67.9 cm³/mol. The molecule has 0 aromatic heterocycles. The molecule has 1 N–H and O–H groups in total. The summed E-state index contributed by atoms with van der Waals surface area (Å²) in [6.07, 6.45) is 5.10. The zero-order chi connectivity index (χ0) is 13.2. The summed E-state index contributed by atoms with van der Waals surface area (Å²) in [4.78, 5) is 11.8. The summed E-state index contributed by atoms with van der Waals surface area (Å²) in [5.74, 6) is 0.213. The molecule has 0 radical (unpaired) electrons. The van der Waals surface area contributed by atoms with Crippen LogP contribution in [0.1, 0.15) is 52.9 Å². The molecule has 4 atom stereocenters. The van der Waals surface area contributed by atoms with Gasteiger partial charge in [-0.25, -0.2) is 4.79 Å². The molecular weight excluding hydrogens is 228 g/mol. The second kappa shape index (κ2) is 3.50. The van der Waals surface area contributed by atoms with Gasteiger partial charge in [0.05, 0.1) is 6.61 Å². The highest BCUT2D eigenvalue weighted by Crippen LogP contribution is 2.63. The molecule has 3 rings (SSSR count). The fourth-order valence-corrected chi connectivity index (χ4v) is 5.24. The Hall–Kier alpha value is -0.570. The van der Waals surface area contributed by atoms with Crippen molar-refractivity contribution in [1.29, 1.82) is 0 Å². The van der Waals surface area contributed by atoms with Gasteiger partial charge < -0.3 is 9.84 Å². The number of carbonyl (C=O) groups is 1. The number of esters is 1. The first-order chi connectivity index (χ1) is 8.31. The van der Waals surface area contributed by atoms with E-state index in [-0.39, 0.29) is 17.3 Å². The van der Waals surface area contributed by atoms with Gasteiger partial charge in [-0.15, -0.1) is 0 Å². The molecular formula is C15H24O3. The normalized spacial score (nSPS) is 50.3. The average molecular weight is 252 g/mol. The maximum absolute atomic E-state index is 11.8. The number of hydrogen-bond acceptors (Lipinski definition) is 3. The monoisotopic (exact) mass is 252 g/mol. The van der Waals surface area contributed by atoms with Crippen molar-refractivity contribution in [1.82, 2.24) is 0 Å². The summed E-state index contributed by atoms with van der Waals surface area (Å²) in [5.41, 5.74) is -0.820. The Morgan fingerprint density at radius 2 is 1.89 bits per heavy atom. The third-order valence-electron chi connectivity index (χ3n) is 6.20. The van der Waals surface area contributed by atoms with Gasteiger partial charge in [0.25, 0.3) is 0 Å². The highest BCUT2D eigenvalue weighted by Gasteiger charge is 2.65. The van der Waals surface area contributed by atoms with Crippen molar-refractivity contribution >= 4 is 5.97 Å². The van der Waals surface area contributed by atoms with Crippen LogP contribution >= 0.6 is 0 Å². The molecule has 1 saturated heterocycles. The van der Waals surface area contributed by atoms with E-state index in [0.717, 1.165) is 12.8 Å². The van der Waals surface area contributed by atoms with E-state index in [4.69, 9.17) is 4.74 Å². The van der Waals surface area contributed by atoms with Crippen molar-refractivity contribution in [3.05, 3.63) is 0 Å². The van der Waals surface area contributed by atoms with E-state index >= 15 is 0 Å². The number of aliphatic hydroxyl groups is 1. The topological polar surface area (TPSA) is 46.5 Å². The number of rotatable bonds is 0. The Bertz CT molecular complexity index is 389. The Morgan fingerprint density at radius 3 is 2.61 bits per heavy atom. The van der Waals surface area contributed by atoms with Crippen molar-refractivity contribution in [3.8, 4) is 0 Å². The van der Waals surface area contributed by atoms with E-state index in [1.807, 2.05) is 0 Å². The van der Waals surface area contributed by atoms with Crippen LogP contribution in [0.2, 0.25) is 0 Å². The number of hydrogen-bond donors (Lipinski definition) is 1. The van der Waals surface area contributed by atoms with Gasteiger partial charge in [-0.3, -0.25) is 0 Å². The molecule has 3 heteroatoms. The smallest absolute Gasteiger partial charge is 0.338 e. The van der Waals surface area contributed by atoms with Crippen molar-refractivity contribution < 1.29 is 14.6 Å². The van der Waals surface area contributed by atoms with Crippen LogP contribution in [0.4, 0.5) is 0 Å². The molecule has 0 aromatic carbocycles. The Kier molecular flexibility index (Phi) is 2.42. The van der Waals surface area contributed by atoms with Crippen LogP contribution < -0.4 is 0 Å². The second-order valence-electron chi connectivity index (χ2n) is 7.51. The zero-order valence-corrected chi connectivity index (χ0v) is 11.7. The second-order valence-corrected chi connectivity index (χ2v) is 7.51. The summed E-state index contributed by atoms with van der Waals surface area (Å²) in [6.45, 7) is 7.38. The number of ether oxygens (including phenoxy) is 1. The zero-order valence-electron chi connectivity index (χ0n) is 11.7. The van der Waals surface area contributed by atoms with Gasteiger partial charge in [-0.2, -0.15) is 0 Å². The van der Waals surface area contributed by atoms with Gasteiger partial charge in [-0.05, 0) is 42.4 Å². The number of carbonyl (C=O) groups excluding carboxylic acids is 1. The van der Waals surface area contributed by atoms with E-state index in [2.05, 4.69) is 20.8 Å². The highest BCUT2D eigenvalue weighted by molar-refractivity contribution is 5.82. The summed E-state index contributed by atoms with van der Waals surface area (Å²) >= 11 is 0. The van der Waals surface area contributed by atoms with Crippen LogP contribution in [0, 0.1) is 22.7 Å². The van der Waals surface area contributed by atoms with Crippen molar-refractivity contribution in [3.63, 3.8) is 0 Å². The Balaban J connectivity index is 2.01. The van der Waals surface area contributed by atoms with Crippen LogP contribution in [0.5, 0.6) is 0 Å². The van der Waals surface area contributed by atoms with Crippen LogP contribution in [0.15, 0.2) is 0 Å². The Morgan fingerprint density at radius 1 is 1.17 bits per heavy atom. The van der Waals surface area contributed by atoms with Gasteiger partial charge in [0, 0.05) is 5.92 Å². The van der Waals surface area contributed by atoms with Gasteiger partial charge in [0.2, 0.25) is 0 Å². The summed E-state index contributed by atoms with van der Waals surface area (Å²) in [6, 6.07) is 0. The minimum Gasteiger partial charge on any atom is -0.463 e. The molecule has 0 unspecified atom stereocenters. The van der Waals surface area contributed by atoms with E-state index in [1.54, 1.807) is 0 Å². The van der Waals surface area contributed by atoms with Crippen molar-refractivity contribution in [2.24, 2.45) is 22.7 Å². The number of fused-ring (bicyclic) bond motifs is 3. The standard InChI is InChI=1S/C15H24O3/c1-13(2)6-4-7-14(3)10(13)5-8-15(17)11(14)9-18-12(15)16/h10-11,17H,4-9H2,1-3H3/t10-,11+,14-,15+/m0/s1. The molecule has 1 heterocycles. The predicted octanol–water partition coefficient (Wildman–Crippen LogP) is 2.52. The molecule has 2 aliphatic carbocycles. The van der Waals surface area contributed by atoms with Crippen LogP contribution in [-0.4, -0.2) is 23.3 Å². The van der Waals surface area contributed by atoms with Crippen LogP contribution in [0.25, 0.3) is 0 Å². The first-order valence-electron chi connectivity index (χ1n) is 7.20. The third-order valence-corrected chi connectivity index (χ3v) is 6.20. The quantitative estimate of drug-likeness (QED) is 0.674. The third kappa shape index (κ3) is 1.37. The van der Waals surface area contributed by atoms with Crippen LogP contribution in [0.3, 0.4) is 0 Å². The largest absolute Gasteiger partial charge is 0.463 e. The van der Waals surface area contributed by atoms with Crippen molar-refractivity contribution in [2.75, 3.05) is 6.61 Å². The summed E-state index contributed by atoms with van der Waals surface area (Å²) in [7, 11) is 0. The molecule has 0 aromatic rings. The minimum absolute atomic E-state index is 0.00387.